The van der Waals surface area contributed by atoms with Crippen molar-refractivity contribution in [1.29, 1.82) is 0 Å². The number of imidazole rings is 1. The van der Waals surface area contributed by atoms with Gasteiger partial charge in [0.15, 0.2) is 0 Å². The smallest absolute Gasteiger partial charge is 0.340 e. The van der Waals surface area contributed by atoms with E-state index < -0.39 is 16.1 Å². The Balaban J connectivity index is 1.65. The van der Waals surface area contributed by atoms with Gasteiger partial charge in [0.25, 0.3) is 0 Å². The van der Waals surface area contributed by atoms with Crippen LogP contribution in [0.5, 0.6) is 5.75 Å². The lowest BCUT2D eigenvalue weighted by Crippen LogP contribution is -2.18. The molecule has 0 radical (unpaired) electrons. The van der Waals surface area contributed by atoms with Crippen LogP contribution >= 0.6 is 23.2 Å². The normalized spacial score (nSPS) is 11.4. The Morgan fingerprint density at radius 2 is 1.83 bits per heavy atom. The van der Waals surface area contributed by atoms with E-state index in [1.807, 2.05) is 29.7 Å². The van der Waals surface area contributed by atoms with Crippen LogP contribution < -0.4 is 9.50 Å². The summed E-state index contributed by atoms with van der Waals surface area (Å²) in [5, 5.41) is 3.33. The summed E-state index contributed by atoms with van der Waals surface area (Å²) in [6.07, 6.45) is 1.90. The van der Waals surface area contributed by atoms with E-state index in [2.05, 4.69) is 10.3 Å². The predicted octanol–water partition coefficient (Wildman–Crippen LogP) is 5.36. The quantitative estimate of drug-likeness (QED) is 0.240. The Labute approximate surface area is 212 Å². The van der Waals surface area contributed by atoms with E-state index in [1.165, 1.54) is 30.3 Å². The number of nitrogens with zero attached hydrogens (tertiary/aromatic N) is 2. The zero-order valence-electron chi connectivity index (χ0n) is 18.8. The second kappa shape index (κ2) is 10.2. The molecule has 11 heteroatoms. The van der Waals surface area contributed by atoms with Crippen LogP contribution in [0.3, 0.4) is 0 Å². The lowest BCUT2D eigenvalue weighted by Gasteiger charge is -2.10. The molecule has 2 heterocycles. The number of hydrogen-bond acceptors (Lipinski definition) is 7. The van der Waals surface area contributed by atoms with Crippen molar-refractivity contribution in [1.82, 2.24) is 9.38 Å². The van der Waals surface area contributed by atoms with Gasteiger partial charge in [-0.25, -0.2) is 4.98 Å². The number of aromatic nitrogens is 2. The SMILES string of the molecule is CCOC(=O)CNc1c(-c2ccc(OS(=O)(=O)c3cc(Cl)ccc3Cl)cc2)nc2ccc(C)cn12. The molecule has 0 aliphatic rings. The van der Waals surface area contributed by atoms with Gasteiger partial charge < -0.3 is 14.2 Å². The van der Waals surface area contributed by atoms with Gasteiger partial charge in [0, 0.05) is 16.8 Å². The molecule has 1 N–H and O–H groups in total. The third kappa shape index (κ3) is 5.53. The summed E-state index contributed by atoms with van der Waals surface area (Å²) < 4.78 is 37.5. The predicted molar refractivity (Wildman–Crippen MR) is 135 cm³/mol. The molecule has 0 amide bonds. The Bertz CT molecular complexity index is 1500. The van der Waals surface area contributed by atoms with Crippen molar-refractivity contribution < 1.29 is 22.1 Å². The van der Waals surface area contributed by atoms with Crippen molar-refractivity contribution in [2.75, 3.05) is 18.5 Å². The molecule has 0 saturated heterocycles. The number of aryl methyl sites for hydroxylation is 1. The van der Waals surface area contributed by atoms with E-state index in [0.29, 0.717) is 22.7 Å². The Hall–Kier alpha value is -3.27. The lowest BCUT2D eigenvalue weighted by molar-refractivity contribution is -0.140. The number of rotatable bonds is 8. The number of carbonyl (C=O) groups excluding carboxylic acids is 1. The highest BCUT2D eigenvalue weighted by Crippen LogP contribution is 2.32. The summed E-state index contributed by atoms with van der Waals surface area (Å²) in [6.45, 7) is 3.94. The zero-order valence-corrected chi connectivity index (χ0v) is 21.1. The molecule has 4 aromatic rings. The summed E-state index contributed by atoms with van der Waals surface area (Å²) in [4.78, 5) is 16.4. The number of fused-ring (bicyclic) bond motifs is 1. The molecule has 35 heavy (non-hydrogen) atoms. The lowest BCUT2D eigenvalue weighted by atomic mass is 10.1. The van der Waals surface area contributed by atoms with Crippen LogP contribution in [-0.2, 0) is 19.6 Å². The van der Waals surface area contributed by atoms with Gasteiger partial charge >= 0.3 is 16.1 Å². The van der Waals surface area contributed by atoms with Gasteiger partial charge in [0.2, 0.25) is 0 Å². The van der Waals surface area contributed by atoms with Crippen LogP contribution in [0.1, 0.15) is 12.5 Å². The number of pyridine rings is 1. The molecule has 0 bridgehead atoms. The first-order valence-electron chi connectivity index (χ1n) is 10.6. The standard InChI is InChI=1S/C24H21Cl2N3O5S/c1-3-33-22(30)13-27-24-23(28-21-11-4-15(2)14-29(21)24)16-5-8-18(9-6-16)34-35(31,32)20-12-17(25)7-10-19(20)26/h4-12,14,27H,3,13H2,1-2H3. The monoisotopic (exact) mass is 533 g/mol. The first kappa shape index (κ1) is 24.8. The van der Waals surface area contributed by atoms with Gasteiger partial charge in [-0.15, -0.1) is 0 Å². The Morgan fingerprint density at radius 1 is 1.09 bits per heavy atom. The van der Waals surface area contributed by atoms with E-state index in [1.54, 1.807) is 19.1 Å². The summed E-state index contributed by atoms with van der Waals surface area (Å²) >= 11 is 11.9. The van der Waals surface area contributed by atoms with Gasteiger partial charge in [-0.1, -0.05) is 29.3 Å². The van der Waals surface area contributed by atoms with Crippen molar-refractivity contribution in [2.45, 2.75) is 18.7 Å². The van der Waals surface area contributed by atoms with Crippen molar-refractivity contribution in [3.63, 3.8) is 0 Å². The third-order valence-electron chi connectivity index (χ3n) is 4.97. The summed E-state index contributed by atoms with van der Waals surface area (Å²) in [6, 6.07) is 14.3. The minimum absolute atomic E-state index is 0.00308. The van der Waals surface area contributed by atoms with E-state index in [9.17, 15) is 13.2 Å². The van der Waals surface area contributed by atoms with Gasteiger partial charge in [0.1, 0.15) is 34.3 Å². The number of benzene rings is 2. The van der Waals surface area contributed by atoms with Crippen LogP contribution in [0.2, 0.25) is 10.0 Å². The molecular weight excluding hydrogens is 513 g/mol. The van der Waals surface area contributed by atoms with E-state index in [-0.39, 0.29) is 33.8 Å². The number of carbonyl (C=O) groups is 1. The fraction of sp³-hybridized carbons (Fsp3) is 0.167. The molecule has 0 atom stereocenters. The van der Waals surface area contributed by atoms with Gasteiger partial charge in [0.05, 0.1) is 11.6 Å². The highest BCUT2D eigenvalue weighted by atomic mass is 35.5. The number of esters is 1. The molecule has 4 rings (SSSR count). The third-order valence-corrected chi connectivity index (χ3v) is 6.93. The summed E-state index contributed by atoms with van der Waals surface area (Å²) in [5.41, 5.74) is 2.94. The van der Waals surface area contributed by atoms with Gasteiger partial charge in [-0.3, -0.25) is 9.20 Å². The average Bonchev–Trinajstić information content (AvgIpc) is 3.17. The van der Waals surface area contributed by atoms with Gasteiger partial charge in [-0.2, -0.15) is 8.42 Å². The molecule has 182 valence electrons. The van der Waals surface area contributed by atoms with Crippen LogP contribution in [0.4, 0.5) is 5.82 Å². The number of nitrogens with one attached hydrogen (secondary N) is 1. The molecule has 2 aromatic carbocycles. The highest BCUT2D eigenvalue weighted by Gasteiger charge is 2.22. The fourth-order valence-electron chi connectivity index (χ4n) is 3.40. The molecule has 0 aliphatic carbocycles. The number of halogens is 2. The number of anilines is 1. The zero-order chi connectivity index (χ0) is 25.2. The van der Waals surface area contributed by atoms with Crippen LogP contribution in [0.15, 0.2) is 65.7 Å². The van der Waals surface area contributed by atoms with E-state index in [0.717, 1.165) is 5.56 Å². The maximum atomic E-state index is 12.7. The first-order chi connectivity index (χ1) is 16.7. The van der Waals surface area contributed by atoms with E-state index in [4.69, 9.17) is 32.1 Å². The number of hydrogen-bond donors (Lipinski definition) is 1. The second-order valence-electron chi connectivity index (χ2n) is 7.54. The topological polar surface area (TPSA) is 99.0 Å². The average molecular weight is 534 g/mol. The van der Waals surface area contributed by atoms with Crippen molar-refractivity contribution in [3.05, 3.63) is 76.4 Å². The minimum Gasteiger partial charge on any atom is -0.465 e. The van der Waals surface area contributed by atoms with Crippen molar-refractivity contribution >= 4 is 50.8 Å². The Morgan fingerprint density at radius 3 is 2.54 bits per heavy atom. The van der Waals surface area contributed by atoms with Crippen LogP contribution in [0, 0.1) is 6.92 Å². The van der Waals surface area contributed by atoms with Crippen LogP contribution in [-0.4, -0.2) is 36.9 Å². The molecule has 0 fully saturated rings. The molecule has 0 spiro atoms. The fourth-order valence-corrected chi connectivity index (χ4v) is 5.07. The number of ether oxygens (including phenoxy) is 1. The maximum absolute atomic E-state index is 12.7. The van der Waals surface area contributed by atoms with Crippen molar-refractivity contribution in [3.8, 4) is 17.0 Å². The first-order valence-corrected chi connectivity index (χ1v) is 12.7. The molecular formula is C24H21Cl2N3O5S. The molecule has 0 unspecified atom stereocenters. The highest BCUT2D eigenvalue weighted by molar-refractivity contribution is 7.87. The molecule has 0 saturated carbocycles. The molecule has 8 nitrogen and oxygen atoms in total. The van der Waals surface area contributed by atoms with E-state index >= 15 is 0 Å². The minimum atomic E-state index is -4.20. The maximum Gasteiger partial charge on any atom is 0.340 e. The molecule has 0 aliphatic heterocycles. The Kier molecular flexibility index (Phi) is 7.20. The largest absolute Gasteiger partial charge is 0.465 e. The summed E-state index contributed by atoms with van der Waals surface area (Å²) in [5.74, 6) is 0.295. The van der Waals surface area contributed by atoms with Crippen molar-refractivity contribution in [2.24, 2.45) is 0 Å². The summed E-state index contributed by atoms with van der Waals surface area (Å²) in [7, 11) is -4.20. The van der Waals surface area contributed by atoms with Crippen LogP contribution in [0.25, 0.3) is 16.9 Å². The molecule has 2 aromatic heterocycles. The van der Waals surface area contributed by atoms with Gasteiger partial charge in [-0.05, 0) is 67.9 Å². The second-order valence-corrected chi connectivity index (χ2v) is 9.90.